The smallest absolute Gasteiger partial charge is 0.254 e. The van der Waals surface area contributed by atoms with E-state index in [9.17, 15) is 9.18 Å². The molecule has 1 aliphatic rings. The molecule has 4 heteroatoms. The van der Waals surface area contributed by atoms with E-state index in [1.54, 1.807) is 19.1 Å². The van der Waals surface area contributed by atoms with E-state index in [4.69, 9.17) is 5.11 Å². The van der Waals surface area contributed by atoms with Crippen LogP contribution >= 0.6 is 0 Å². The molecule has 0 spiro atoms. The predicted molar refractivity (Wildman–Crippen MR) is 66.8 cm³/mol. The molecular formula is C14H18FNO2. The van der Waals surface area contributed by atoms with Crippen LogP contribution in [0.5, 0.6) is 0 Å². The topological polar surface area (TPSA) is 49.3 Å². The third kappa shape index (κ3) is 2.88. The quantitative estimate of drug-likeness (QED) is 0.841. The Morgan fingerprint density at radius 3 is 2.89 bits per heavy atom. The normalized spacial score (nSPS) is 16.4. The maximum absolute atomic E-state index is 13.8. The van der Waals surface area contributed by atoms with Gasteiger partial charge in [-0.15, -0.1) is 0 Å². The highest BCUT2D eigenvalue weighted by molar-refractivity contribution is 5.94. The molecule has 1 saturated carbocycles. The van der Waals surface area contributed by atoms with E-state index in [0.717, 1.165) is 12.8 Å². The molecule has 0 saturated heterocycles. The Kier molecular flexibility index (Phi) is 3.97. The Morgan fingerprint density at radius 2 is 2.28 bits per heavy atom. The minimum absolute atomic E-state index is 0.0394. The van der Waals surface area contributed by atoms with Gasteiger partial charge in [0.25, 0.3) is 5.91 Å². The molecule has 1 aromatic rings. The molecular weight excluding hydrogens is 233 g/mol. The molecule has 0 radical (unpaired) electrons. The molecule has 1 aromatic carbocycles. The number of amides is 1. The Balaban J connectivity index is 2.08. The van der Waals surface area contributed by atoms with Crippen molar-refractivity contribution < 1.29 is 14.3 Å². The highest BCUT2D eigenvalue weighted by Crippen LogP contribution is 2.34. The maximum Gasteiger partial charge on any atom is 0.254 e. The van der Waals surface area contributed by atoms with Crippen LogP contribution < -0.4 is 5.32 Å². The van der Waals surface area contributed by atoms with Gasteiger partial charge < -0.3 is 10.4 Å². The molecule has 2 N–H and O–H groups in total. The largest absolute Gasteiger partial charge is 0.396 e. The van der Waals surface area contributed by atoms with Gasteiger partial charge in [0.05, 0.1) is 5.56 Å². The Hall–Kier alpha value is -1.42. The number of halogens is 1. The summed E-state index contributed by atoms with van der Waals surface area (Å²) in [7, 11) is 0. The molecule has 1 atom stereocenters. The number of carbonyl (C=O) groups excluding carboxylic acids is 1. The van der Waals surface area contributed by atoms with Crippen molar-refractivity contribution in [2.75, 3.05) is 6.61 Å². The molecule has 2 rings (SSSR count). The summed E-state index contributed by atoms with van der Waals surface area (Å²) >= 11 is 0. The second-order valence-electron chi connectivity index (χ2n) is 4.87. The summed E-state index contributed by atoms with van der Waals surface area (Å²) in [6.07, 6.45) is 2.67. The van der Waals surface area contributed by atoms with Crippen molar-refractivity contribution in [3.05, 3.63) is 35.1 Å². The number of hydrogen-bond donors (Lipinski definition) is 2. The fourth-order valence-corrected chi connectivity index (χ4v) is 2.13. The molecule has 0 bridgehead atoms. The first-order valence-corrected chi connectivity index (χ1v) is 6.30. The second-order valence-corrected chi connectivity index (χ2v) is 4.87. The molecule has 98 valence electrons. The van der Waals surface area contributed by atoms with Crippen LogP contribution in [0, 0.1) is 18.7 Å². The first kappa shape index (κ1) is 13.0. The van der Waals surface area contributed by atoms with E-state index < -0.39 is 5.82 Å². The predicted octanol–water partition coefficient (Wildman–Crippen LogP) is 2.02. The summed E-state index contributed by atoms with van der Waals surface area (Å²) < 4.78 is 13.8. The molecule has 1 fully saturated rings. The van der Waals surface area contributed by atoms with Crippen LogP contribution in [0.2, 0.25) is 0 Å². The van der Waals surface area contributed by atoms with Gasteiger partial charge in [-0.2, -0.15) is 0 Å². The third-order valence-electron chi connectivity index (χ3n) is 3.38. The average Bonchev–Trinajstić information content (AvgIpc) is 3.16. The lowest BCUT2D eigenvalue weighted by molar-refractivity contribution is 0.0920. The lowest BCUT2D eigenvalue weighted by atomic mass is 10.1. The van der Waals surface area contributed by atoms with Gasteiger partial charge in [-0.25, -0.2) is 4.39 Å². The standard InChI is InChI=1S/C14H18FNO2/c1-9-3-2-4-11(13(9)15)14(18)16-12(7-8-17)10-5-6-10/h2-4,10,12,17H,5-8H2,1H3,(H,16,18). The van der Waals surface area contributed by atoms with Crippen LogP contribution in [-0.4, -0.2) is 23.7 Å². The van der Waals surface area contributed by atoms with E-state index in [-0.39, 0.29) is 24.1 Å². The number of rotatable bonds is 5. The molecule has 1 aliphatic carbocycles. The summed E-state index contributed by atoms with van der Waals surface area (Å²) in [5, 5.41) is 11.8. The monoisotopic (exact) mass is 251 g/mol. The minimum Gasteiger partial charge on any atom is -0.396 e. The Bertz CT molecular complexity index is 443. The van der Waals surface area contributed by atoms with E-state index in [0.29, 0.717) is 17.9 Å². The van der Waals surface area contributed by atoms with Crippen molar-refractivity contribution in [1.82, 2.24) is 5.32 Å². The van der Waals surface area contributed by atoms with Gasteiger partial charge >= 0.3 is 0 Å². The van der Waals surface area contributed by atoms with E-state index in [1.165, 1.54) is 6.07 Å². The average molecular weight is 251 g/mol. The maximum atomic E-state index is 13.8. The molecule has 18 heavy (non-hydrogen) atoms. The lowest BCUT2D eigenvalue weighted by Crippen LogP contribution is -2.37. The van der Waals surface area contributed by atoms with Crippen LogP contribution in [0.4, 0.5) is 4.39 Å². The summed E-state index contributed by atoms with van der Waals surface area (Å²) in [6, 6.07) is 4.76. The first-order chi connectivity index (χ1) is 8.63. The number of aliphatic hydroxyl groups is 1. The second kappa shape index (κ2) is 5.48. The minimum atomic E-state index is -0.464. The molecule has 0 heterocycles. The van der Waals surface area contributed by atoms with Gasteiger partial charge in [0.1, 0.15) is 5.82 Å². The van der Waals surface area contributed by atoms with Crippen LogP contribution in [0.3, 0.4) is 0 Å². The molecule has 1 amide bonds. The van der Waals surface area contributed by atoms with Crippen molar-refractivity contribution in [3.63, 3.8) is 0 Å². The van der Waals surface area contributed by atoms with Gasteiger partial charge in [0.2, 0.25) is 0 Å². The summed E-state index contributed by atoms with van der Waals surface area (Å²) in [5.41, 5.74) is 0.548. The van der Waals surface area contributed by atoms with Crippen molar-refractivity contribution in [1.29, 1.82) is 0 Å². The highest BCUT2D eigenvalue weighted by atomic mass is 19.1. The van der Waals surface area contributed by atoms with Gasteiger partial charge in [-0.1, -0.05) is 12.1 Å². The first-order valence-electron chi connectivity index (χ1n) is 6.30. The summed E-state index contributed by atoms with van der Waals surface area (Å²) in [4.78, 5) is 12.0. The van der Waals surface area contributed by atoms with Crippen molar-refractivity contribution in [2.45, 2.75) is 32.2 Å². The number of nitrogens with one attached hydrogen (secondary N) is 1. The van der Waals surface area contributed by atoms with Crippen molar-refractivity contribution in [2.24, 2.45) is 5.92 Å². The lowest BCUT2D eigenvalue weighted by Gasteiger charge is -2.17. The van der Waals surface area contributed by atoms with Crippen LogP contribution in [0.1, 0.15) is 35.2 Å². The zero-order chi connectivity index (χ0) is 13.1. The SMILES string of the molecule is Cc1cccc(C(=O)NC(CCO)C2CC2)c1F. The Morgan fingerprint density at radius 1 is 1.56 bits per heavy atom. The molecule has 1 unspecified atom stereocenters. The van der Waals surface area contributed by atoms with Crippen LogP contribution in [0.15, 0.2) is 18.2 Å². The number of hydrogen-bond acceptors (Lipinski definition) is 2. The van der Waals surface area contributed by atoms with Crippen LogP contribution in [-0.2, 0) is 0 Å². The fraction of sp³-hybridized carbons (Fsp3) is 0.500. The van der Waals surface area contributed by atoms with Crippen molar-refractivity contribution in [3.8, 4) is 0 Å². The van der Waals surface area contributed by atoms with Crippen LogP contribution in [0.25, 0.3) is 0 Å². The van der Waals surface area contributed by atoms with Gasteiger partial charge in [-0.3, -0.25) is 4.79 Å². The van der Waals surface area contributed by atoms with E-state index >= 15 is 0 Å². The summed E-state index contributed by atoms with van der Waals surface area (Å²) in [5.74, 6) is -0.413. The van der Waals surface area contributed by atoms with Gasteiger partial charge in [0.15, 0.2) is 0 Å². The zero-order valence-corrected chi connectivity index (χ0v) is 10.4. The van der Waals surface area contributed by atoms with Gasteiger partial charge in [0, 0.05) is 12.6 Å². The highest BCUT2D eigenvalue weighted by Gasteiger charge is 2.32. The number of aryl methyl sites for hydroxylation is 1. The number of aliphatic hydroxyl groups excluding tert-OH is 1. The van der Waals surface area contributed by atoms with Gasteiger partial charge in [-0.05, 0) is 43.7 Å². The molecule has 3 nitrogen and oxygen atoms in total. The fourth-order valence-electron chi connectivity index (χ4n) is 2.13. The summed E-state index contributed by atoms with van der Waals surface area (Å²) in [6.45, 7) is 1.68. The third-order valence-corrected chi connectivity index (χ3v) is 3.38. The number of carbonyl (C=O) groups is 1. The Labute approximate surface area is 106 Å². The van der Waals surface area contributed by atoms with Crippen molar-refractivity contribution >= 4 is 5.91 Å². The number of benzene rings is 1. The molecule has 0 aliphatic heterocycles. The van der Waals surface area contributed by atoms with E-state index in [1.807, 2.05) is 0 Å². The molecule has 0 aromatic heterocycles. The van der Waals surface area contributed by atoms with E-state index in [2.05, 4.69) is 5.32 Å². The zero-order valence-electron chi connectivity index (χ0n) is 10.4.